The molecule has 4 aromatic rings. The van der Waals surface area contributed by atoms with Gasteiger partial charge in [0.1, 0.15) is 12.6 Å². The topological polar surface area (TPSA) is 105 Å². The van der Waals surface area contributed by atoms with E-state index in [2.05, 4.69) is 22.8 Å². The van der Waals surface area contributed by atoms with Crippen LogP contribution in [0.1, 0.15) is 33.0 Å². The molecule has 1 aliphatic carbocycles. The van der Waals surface area contributed by atoms with Crippen LogP contribution in [0.3, 0.4) is 0 Å². The van der Waals surface area contributed by atoms with Gasteiger partial charge in [-0.25, -0.2) is 9.59 Å². The Hall–Kier alpha value is -4.91. The Morgan fingerprint density at radius 1 is 0.763 bits per heavy atom. The number of hydrogen-bond acceptors (Lipinski definition) is 4. The fraction of sp³-hybridized carbons (Fsp3) is 0.129. The number of rotatable bonds is 8. The molecule has 0 bridgehead atoms. The van der Waals surface area contributed by atoms with Crippen molar-refractivity contribution in [2.24, 2.45) is 0 Å². The molecule has 1 atom stereocenters. The van der Waals surface area contributed by atoms with Gasteiger partial charge in [-0.3, -0.25) is 4.79 Å². The number of hydrogen-bond donors (Lipinski definition) is 3. The van der Waals surface area contributed by atoms with Crippen molar-refractivity contribution < 1.29 is 24.2 Å². The van der Waals surface area contributed by atoms with Gasteiger partial charge in [-0.1, -0.05) is 78.9 Å². The molecule has 0 aromatic heterocycles. The number of carboxylic acid groups (broad SMARTS) is 1. The number of amides is 2. The van der Waals surface area contributed by atoms with Gasteiger partial charge in [0.25, 0.3) is 0 Å². The molecule has 190 valence electrons. The Morgan fingerprint density at radius 2 is 1.34 bits per heavy atom. The van der Waals surface area contributed by atoms with E-state index in [1.807, 2.05) is 66.7 Å². The van der Waals surface area contributed by atoms with E-state index in [1.54, 1.807) is 0 Å². The molecule has 5 rings (SSSR count). The zero-order valence-electron chi connectivity index (χ0n) is 20.5. The predicted octanol–water partition coefficient (Wildman–Crippen LogP) is 5.47. The van der Waals surface area contributed by atoms with Gasteiger partial charge in [0, 0.05) is 18.0 Å². The van der Waals surface area contributed by atoms with Crippen molar-refractivity contribution in [2.75, 3.05) is 11.9 Å². The number of carbonyl (C=O) groups excluding carboxylic acids is 2. The minimum atomic E-state index is -1.05. The van der Waals surface area contributed by atoms with Crippen molar-refractivity contribution in [3.8, 4) is 11.1 Å². The second-order valence-corrected chi connectivity index (χ2v) is 9.08. The normalized spacial score (nSPS) is 12.6. The quantitative estimate of drug-likeness (QED) is 0.294. The maximum atomic E-state index is 13.2. The largest absolute Gasteiger partial charge is 0.478 e. The van der Waals surface area contributed by atoms with Crippen molar-refractivity contribution >= 4 is 23.7 Å². The maximum absolute atomic E-state index is 13.2. The Bertz CT molecular complexity index is 1420. The van der Waals surface area contributed by atoms with E-state index in [0.29, 0.717) is 5.69 Å². The summed E-state index contributed by atoms with van der Waals surface area (Å²) in [6.45, 7) is 0.135. The summed E-state index contributed by atoms with van der Waals surface area (Å²) in [5.74, 6) is -1.59. The minimum Gasteiger partial charge on any atom is -0.478 e. The monoisotopic (exact) mass is 506 g/mol. The molecular weight excluding hydrogens is 480 g/mol. The average Bonchev–Trinajstić information content (AvgIpc) is 3.26. The molecule has 0 fully saturated rings. The Balaban J connectivity index is 1.28. The lowest BCUT2D eigenvalue weighted by atomic mass is 9.98. The predicted molar refractivity (Wildman–Crippen MR) is 144 cm³/mol. The fourth-order valence-corrected chi connectivity index (χ4v) is 4.77. The summed E-state index contributed by atoms with van der Waals surface area (Å²) >= 11 is 0. The standard InChI is InChI=1S/C31H26N2O5/c34-29(32-22-16-14-21(15-17-22)30(35)36)28(18-20-8-2-1-3-9-20)33-31(37)38-19-27-25-12-6-4-10-23(25)24-11-5-7-13-26(24)27/h1-17,27-28H,18-19H2,(H,32,34)(H,33,37)(H,35,36)/t28-/m0/s1. The van der Waals surface area contributed by atoms with E-state index in [0.717, 1.165) is 27.8 Å². The maximum Gasteiger partial charge on any atom is 0.407 e. The summed E-state index contributed by atoms with van der Waals surface area (Å²) in [6.07, 6.45) is -0.437. The first-order valence-corrected chi connectivity index (χ1v) is 12.3. The van der Waals surface area contributed by atoms with E-state index in [4.69, 9.17) is 9.84 Å². The van der Waals surface area contributed by atoms with Crippen LogP contribution in [0.5, 0.6) is 0 Å². The Labute approximate surface area is 220 Å². The molecule has 38 heavy (non-hydrogen) atoms. The SMILES string of the molecule is O=C(N[C@@H](Cc1ccccc1)C(=O)Nc1ccc(C(=O)O)cc1)OCC1c2ccccc2-c2ccccc21. The molecule has 7 heteroatoms. The Morgan fingerprint density at radius 3 is 1.95 bits per heavy atom. The second kappa shape index (κ2) is 11.0. The van der Waals surface area contributed by atoms with Crippen LogP contribution >= 0.6 is 0 Å². The molecule has 0 aliphatic heterocycles. The van der Waals surface area contributed by atoms with Crippen molar-refractivity contribution in [3.63, 3.8) is 0 Å². The molecule has 0 saturated heterocycles. The smallest absolute Gasteiger partial charge is 0.407 e. The molecule has 0 spiro atoms. The van der Waals surface area contributed by atoms with Crippen molar-refractivity contribution in [2.45, 2.75) is 18.4 Å². The van der Waals surface area contributed by atoms with Crippen molar-refractivity contribution in [1.29, 1.82) is 0 Å². The minimum absolute atomic E-state index is 0.0951. The number of alkyl carbamates (subject to hydrolysis) is 1. The van der Waals surface area contributed by atoms with Crippen LogP contribution in [0.2, 0.25) is 0 Å². The van der Waals surface area contributed by atoms with E-state index < -0.39 is 24.0 Å². The number of fused-ring (bicyclic) bond motifs is 3. The lowest BCUT2D eigenvalue weighted by Gasteiger charge is -2.20. The molecule has 1 aliphatic rings. The van der Waals surface area contributed by atoms with Gasteiger partial charge in [-0.2, -0.15) is 0 Å². The number of ether oxygens (including phenoxy) is 1. The molecular formula is C31H26N2O5. The van der Waals surface area contributed by atoms with Gasteiger partial charge >= 0.3 is 12.1 Å². The third-order valence-corrected chi connectivity index (χ3v) is 6.63. The van der Waals surface area contributed by atoms with Crippen molar-refractivity contribution in [1.82, 2.24) is 5.32 Å². The zero-order chi connectivity index (χ0) is 26.5. The van der Waals surface area contributed by atoms with Crippen LogP contribution in [0.25, 0.3) is 11.1 Å². The van der Waals surface area contributed by atoms with E-state index in [1.165, 1.54) is 24.3 Å². The third kappa shape index (κ3) is 5.42. The molecule has 0 radical (unpaired) electrons. The summed E-state index contributed by atoms with van der Waals surface area (Å²) in [5.41, 5.74) is 5.87. The Kier molecular flexibility index (Phi) is 7.17. The van der Waals surface area contributed by atoms with Gasteiger partial charge in [-0.05, 0) is 52.1 Å². The van der Waals surface area contributed by atoms with Gasteiger partial charge < -0.3 is 20.5 Å². The van der Waals surface area contributed by atoms with Crippen LogP contribution in [0.4, 0.5) is 10.5 Å². The summed E-state index contributed by atoms with van der Waals surface area (Å²) in [6, 6.07) is 30.4. The van der Waals surface area contributed by atoms with Crippen LogP contribution < -0.4 is 10.6 Å². The summed E-state index contributed by atoms with van der Waals surface area (Å²) < 4.78 is 5.66. The highest BCUT2D eigenvalue weighted by Gasteiger charge is 2.30. The van der Waals surface area contributed by atoms with Gasteiger partial charge in [0.05, 0.1) is 5.56 Å². The second-order valence-electron chi connectivity index (χ2n) is 9.08. The van der Waals surface area contributed by atoms with Gasteiger partial charge in [0.15, 0.2) is 0 Å². The first-order chi connectivity index (χ1) is 18.5. The third-order valence-electron chi connectivity index (χ3n) is 6.63. The first kappa shape index (κ1) is 24.8. The van der Waals surface area contributed by atoms with Crippen LogP contribution in [0.15, 0.2) is 103 Å². The lowest BCUT2D eigenvalue weighted by Crippen LogP contribution is -2.45. The highest BCUT2D eigenvalue weighted by Crippen LogP contribution is 2.44. The summed E-state index contributed by atoms with van der Waals surface area (Å²) in [5, 5.41) is 14.6. The zero-order valence-corrected chi connectivity index (χ0v) is 20.5. The number of benzene rings is 4. The van der Waals surface area contributed by atoms with Crippen LogP contribution in [-0.4, -0.2) is 35.7 Å². The average molecular weight is 507 g/mol. The van der Waals surface area contributed by atoms with Crippen LogP contribution in [0, 0.1) is 0 Å². The number of carboxylic acids is 1. The highest BCUT2D eigenvalue weighted by molar-refractivity contribution is 5.97. The molecule has 2 amide bonds. The van der Waals surface area contributed by atoms with Gasteiger partial charge in [0.2, 0.25) is 5.91 Å². The molecule has 0 saturated carbocycles. The van der Waals surface area contributed by atoms with E-state index >= 15 is 0 Å². The number of nitrogens with one attached hydrogen (secondary N) is 2. The van der Waals surface area contributed by atoms with Crippen LogP contribution in [-0.2, 0) is 16.0 Å². The number of anilines is 1. The molecule has 4 aromatic carbocycles. The summed E-state index contributed by atoms with van der Waals surface area (Å²) in [7, 11) is 0. The fourth-order valence-electron chi connectivity index (χ4n) is 4.77. The van der Waals surface area contributed by atoms with Crippen molar-refractivity contribution in [3.05, 3.63) is 125 Å². The first-order valence-electron chi connectivity index (χ1n) is 12.3. The molecule has 0 heterocycles. The van der Waals surface area contributed by atoms with Gasteiger partial charge in [-0.15, -0.1) is 0 Å². The summed E-state index contributed by atoms with van der Waals surface area (Å²) in [4.78, 5) is 37.2. The molecule has 0 unspecified atom stereocenters. The number of carbonyl (C=O) groups is 3. The van der Waals surface area contributed by atoms with E-state index in [9.17, 15) is 14.4 Å². The molecule has 7 nitrogen and oxygen atoms in total. The van der Waals surface area contributed by atoms with E-state index in [-0.39, 0.29) is 24.5 Å². The number of aromatic carboxylic acids is 1. The molecule has 3 N–H and O–H groups in total. The highest BCUT2D eigenvalue weighted by atomic mass is 16.5. The lowest BCUT2D eigenvalue weighted by molar-refractivity contribution is -0.118.